The van der Waals surface area contributed by atoms with Crippen LogP contribution < -0.4 is 10.6 Å². The van der Waals surface area contributed by atoms with Crippen LogP contribution in [0.1, 0.15) is 32.1 Å². The van der Waals surface area contributed by atoms with Gasteiger partial charge in [0.15, 0.2) is 0 Å². The van der Waals surface area contributed by atoms with Crippen molar-refractivity contribution in [3.8, 4) is 0 Å². The summed E-state index contributed by atoms with van der Waals surface area (Å²) in [6.45, 7) is 4.31. The van der Waals surface area contributed by atoms with E-state index in [-0.39, 0.29) is 11.9 Å². The SMILES string of the molecule is O=C(NCC1CCCN(C2CCSC2)C1)C1CCCN1. The molecule has 0 aromatic rings. The van der Waals surface area contributed by atoms with E-state index < -0.39 is 0 Å². The van der Waals surface area contributed by atoms with Gasteiger partial charge in [-0.05, 0) is 56.9 Å². The van der Waals surface area contributed by atoms with Gasteiger partial charge < -0.3 is 10.6 Å². The second-order valence-electron chi connectivity index (χ2n) is 6.41. The van der Waals surface area contributed by atoms with Gasteiger partial charge in [-0.2, -0.15) is 11.8 Å². The second kappa shape index (κ2) is 7.14. The monoisotopic (exact) mass is 297 g/mol. The van der Waals surface area contributed by atoms with Crippen molar-refractivity contribution in [3.05, 3.63) is 0 Å². The molecule has 3 atom stereocenters. The lowest BCUT2D eigenvalue weighted by Gasteiger charge is -2.36. The minimum atomic E-state index is 0.0703. The fourth-order valence-corrected chi connectivity index (χ4v) is 4.94. The lowest BCUT2D eigenvalue weighted by atomic mass is 9.96. The van der Waals surface area contributed by atoms with Gasteiger partial charge in [0.05, 0.1) is 6.04 Å². The smallest absolute Gasteiger partial charge is 0.237 e. The number of nitrogens with zero attached hydrogens (tertiary/aromatic N) is 1. The summed E-state index contributed by atoms with van der Waals surface area (Å²) < 4.78 is 0. The van der Waals surface area contributed by atoms with Gasteiger partial charge in [0.1, 0.15) is 0 Å². The Morgan fingerprint density at radius 2 is 2.25 bits per heavy atom. The molecule has 1 amide bonds. The fraction of sp³-hybridized carbons (Fsp3) is 0.933. The van der Waals surface area contributed by atoms with Gasteiger partial charge in [-0.25, -0.2) is 0 Å². The predicted octanol–water partition coefficient (Wildman–Crippen LogP) is 1.07. The minimum absolute atomic E-state index is 0.0703. The summed E-state index contributed by atoms with van der Waals surface area (Å²) in [7, 11) is 0. The van der Waals surface area contributed by atoms with Crippen molar-refractivity contribution in [2.75, 3.05) is 37.7 Å². The van der Waals surface area contributed by atoms with Gasteiger partial charge in [-0.3, -0.25) is 9.69 Å². The summed E-state index contributed by atoms with van der Waals surface area (Å²) in [5.41, 5.74) is 0. The number of amides is 1. The van der Waals surface area contributed by atoms with Crippen LogP contribution in [0.15, 0.2) is 0 Å². The molecular formula is C15H27N3OS. The Balaban J connectivity index is 1.41. The van der Waals surface area contributed by atoms with Crippen LogP contribution in [0, 0.1) is 5.92 Å². The zero-order chi connectivity index (χ0) is 13.8. The van der Waals surface area contributed by atoms with Gasteiger partial charge in [0, 0.05) is 24.9 Å². The van der Waals surface area contributed by atoms with E-state index in [1.165, 1.54) is 43.9 Å². The minimum Gasteiger partial charge on any atom is -0.354 e. The maximum atomic E-state index is 12.0. The van der Waals surface area contributed by atoms with Crippen LogP contribution in [0.3, 0.4) is 0 Å². The van der Waals surface area contributed by atoms with Crippen LogP contribution in [-0.2, 0) is 4.79 Å². The number of carbonyl (C=O) groups is 1. The van der Waals surface area contributed by atoms with Crippen molar-refractivity contribution in [2.45, 2.75) is 44.2 Å². The zero-order valence-electron chi connectivity index (χ0n) is 12.3. The molecule has 3 heterocycles. The first-order chi connectivity index (χ1) is 9.83. The van der Waals surface area contributed by atoms with E-state index in [0.29, 0.717) is 5.92 Å². The molecule has 2 N–H and O–H groups in total. The summed E-state index contributed by atoms with van der Waals surface area (Å²) in [6.07, 6.45) is 6.06. The molecular weight excluding hydrogens is 270 g/mol. The van der Waals surface area contributed by atoms with Crippen LogP contribution in [0.2, 0.25) is 0 Å². The molecule has 0 radical (unpaired) electrons. The maximum absolute atomic E-state index is 12.0. The van der Waals surface area contributed by atoms with Crippen LogP contribution in [0.4, 0.5) is 0 Å². The first kappa shape index (κ1) is 14.7. The molecule has 0 aliphatic carbocycles. The van der Waals surface area contributed by atoms with E-state index in [1.54, 1.807) is 0 Å². The van der Waals surface area contributed by atoms with Crippen LogP contribution >= 0.6 is 11.8 Å². The molecule has 4 nitrogen and oxygen atoms in total. The first-order valence-electron chi connectivity index (χ1n) is 8.16. The number of nitrogens with one attached hydrogen (secondary N) is 2. The second-order valence-corrected chi connectivity index (χ2v) is 7.56. The van der Waals surface area contributed by atoms with E-state index >= 15 is 0 Å². The Hall–Kier alpha value is -0.260. The molecule has 0 aromatic heterocycles. The first-order valence-corrected chi connectivity index (χ1v) is 9.31. The molecule has 0 aromatic carbocycles. The molecule has 3 unspecified atom stereocenters. The number of hydrogen-bond acceptors (Lipinski definition) is 4. The molecule has 3 saturated heterocycles. The Kier molecular flexibility index (Phi) is 5.24. The number of likely N-dealkylation sites (tertiary alicyclic amines) is 1. The molecule has 3 rings (SSSR count). The molecule has 3 fully saturated rings. The highest BCUT2D eigenvalue weighted by Crippen LogP contribution is 2.26. The van der Waals surface area contributed by atoms with Crippen LogP contribution in [0.5, 0.6) is 0 Å². The predicted molar refractivity (Wildman–Crippen MR) is 84.1 cm³/mol. The molecule has 0 saturated carbocycles. The van der Waals surface area contributed by atoms with Crippen molar-refractivity contribution in [2.24, 2.45) is 5.92 Å². The average Bonchev–Trinajstić information content (AvgIpc) is 3.17. The number of rotatable bonds is 4. The third-order valence-corrected chi connectivity index (χ3v) is 6.06. The van der Waals surface area contributed by atoms with Gasteiger partial charge in [-0.1, -0.05) is 0 Å². The molecule has 0 spiro atoms. The number of piperidine rings is 1. The van der Waals surface area contributed by atoms with Gasteiger partial charge in [-0.15, -0.1) is 0 Å². The Morgan fingerprint density at radius 3 is 3.00 bits per heavy atom. The van der Waals surface area contributed by atoms with Crippen molar-refractivity contribution < 1.29 is 4.79 Å². The summed E-state index contributed by atoms with van der Waals surface area (Å²) in [5.74, 6) is 3.51. The van der Waals surface area contributed by atoms with E-state index in [9.17, 15) is 4.79 Å². The molecule has 3 aliphatic rings. The van der Waals surface area contributed by atoms with E-state index in [1.807, 2.05) is 0 Å². The molecule has 20 heavy (non-hydrogen) atoms. The van der Waals surface area contributed by atoms with Crippen LogP contribution in [-0.4, -0.2) is 60.6 Å². The van der Waals surface area contributed by atoms with E-state index in [2.05, 4.69) is 27.3 Å². The molecule has 3 aliphatic heterocycles. The average molecular weight is 297 g/mol. The van der Waals surface area contributed by atoms with Crippen molar-refractivity contribution in [3.63, 3.8) is 0 Å². The number of thioether (sulfide) groups is 1. The Bertz CT molecular complexity index is 327. The van der Waals surface area contributed by atoms with Crippen molar-refractivity contribution >= 4 is 17.7 Å². The van der Waals surface area contributed by atoms with Crippen molar-refractivity contribution in [1.82, 2.24) is 15.5 Å². The third-order valence-electron chi connectivity index (χ3n) is 4.91. The lowest BCUT2D eigenvalue weighted by Crippen LogP contribution is -2.47. The summed E-state index contributed by atoms with van der Waals surface area (Å²) >= 11 is 2.09. The number of hydrogen-bond donors (Lipinski definition) is 2. The fourth-order valence-electron chi connectivity index (χ4n) is 3.68. The highest BCUT2D eigenvalue weighted by molar-refractivity contribution is 7.99. The van der Waals surface area contributed by atoms with Crippen LogP contribution in [0.25, 0.3) is 0 Å². The number of carbonyl (C=O) groups excluding carboxylic acids is 1. The highest BCUT2D eigenvalue weighted by Gasteiger charge is 2.29. The van der Waals surface area contributed by atoms with Crippen molar-refractivity contribution in [1.29, 1.82) is 0 Å². The van der Waals surface area contributed by atoms with E-state index in [4.69, 9.17) is 0 Å². The van der Waals surface area contributed by atoms with Gasteiger partial charge in [0.25, 0.3) is 0 Å². The quantitative estimate of drug-likeness (QED) is 0.815. The summed E-state index contributed by atoms with van der Waals surface area (Å²) in [5, 5.41) is 6.44. The Labute approximate surface area is 126 Å². The standard InChI is InChI=1S/C15H27N3OS/c19-15(14-4-1-6-16-14)17-9-12-3-2-7-18(10-12)13-5-8-20-11-13/h12-14,16H,1-11H2,(H,17,19). The Morgan fingerprint density at radius 1 is 1.30 bits per heavy atom. The molecule has 5 heteroatoms. The van der Waals surface area contributed by atoms with E-state index in [0.717, 1.165) is 32.0 Å². The van der Waals surface area contributed by atoms with Gasteiger partial charge in [0.2, 0.25) is 5.91 Å². The molecule has 0 bridgehead atoms. The lowest BCUT2D eigenvalue weighted by molar-refractivity contribution is -0.123. The zero-order valence-corrected chi connectivity index (χ0v) is 13.1. The summed E-state index contributed by atoms with van der Waals surface area (Å²) in [6, 6.07) is 0.871. The molecule has 114 valence electrons. The summed E-state index contributed by atoms with van der Waals surface area (Å²) in [4.78, 5) is 14.7. The third kappa shape index (κ3) is 3.68. The largest absolute Gasteiger partial charge is 0.354 e. The van der Waals surface area contributed by atoms with Gasteiger partial charge >= 0.3 is 0 Å². The highest BCUT2D eigenvalue weighted by atomic mass is 32.2. The normalized spacial score (nSPS) is 35.3. The maximum Gasteiger partial charge on any atom is 0.237 e. The topological polar surface area (TPSA) is 44.4 Å².